The Kier molecular flexibility index (Phi) is 3.25. The maximum Gasteiger partial charge on any atom is 0.266 e. The first-order valence-corrected chi connectivity index (χ1v) is 8.44. The summed E-state index contributed by atoms with van der Waals surface area (Å²) < 4.78 is 1.67. The summed E-state index contributed by atoms with van der Waals surface area (Å²) in [5.41, 5.74) is 0.845. The van der Waals surface area contributed by atoms with Crippen LogP contribution in [0.3, 0.4) is 0 Å². The maximum atomic E-state index is 12.8. The molecular weight excluding hydrogens is 284 g/mol. The molecule has 0 bridgehead atoms. The van der Waals surface area contributed by atoms with Crippen molar-refractivity contribution in [3.05, 3.63) is 28.7 Å². The highest BCUT2D eigenvalue weighted by Crippen LogP contribution is 2.37. The Balaban J connectivity index is 1.57. The van der Waals surface area contributed by atoms with Crippen molar-refractivity contribution in [3.8, 4) is 5.69 Å². The quantitative estimate of drug-likeness (QED) is 0.857. The average Bonchev–Trinajstić information content (AvgIpc) is 3.23. The SMILES string of the molecule is O=C(c1sccc1-n1ccnn1)N1C[C@H]2CCCC[C@H]2C1. The Morgan fingerprint density at radius 2 is 2.00 bits per heavy atom. The lowest BCUT2D eigenvalue weighted by Gasteiger charge is -2.22. The van der Waals surface area contributed by atoms with Crippen molar-refractivity contribution in [1.29, 1.82) is 0 Å². The highest BCUT2D eigenvalue weighted by molar-refractivity contribution is 7.12. The zero-order valence-corrected chi connectivity index (χ0v) is 12.6. The predicted octanol–water partition coefficient (Wildman–Crippen LogP) is 2.59. The van der Waals surface area contributed by atoms with Gasteiger partial charge in [0.2, 0.25) is 0 Å². The first-order chi connectivity index (χ1) is 10.3. The van der Waals surface area contributed by atoms with E-state index in [0.717, 1.165) is 35.5 Å². The van der Waals surface area contributed by atoms with Gasteiger partial charge in [-0.15, -0.1) is 16.4 Å². The zero-order valence-electron chi connectivity index (χ0n) is 11.8. The Bertz CT molecular complexity index is 622. The van der Waals surface area contributed by atoms with Gasteiger partial charge in [-0.1, -0.05) is 18.1 Å². The molecule has 6 heteroatoms. The summed E-state index contributed by atoms with van der Waals surface area (Å²) in [5.74, 6) is 1.60. The molecule has 0 spiro atoms. The first-order valence-electron chi connectivity index (χ1n) is 7.56. The van der Waals surface area contributed by atoms with Gasteiger partial charge in [-0.05, 0) is 36.1 Å². The van der Waals surface area contributed by atoms with E-state index in [1.165, 1.54) is 37.0 Å². The largest absolute Gasteiger partial charge is 0.337 e. The molecule has 1 aliphatic heterocycles. The molecule has 2 fully saturated rings. The minimum atomic E-state index is 0.157. The molecule has 2 atom stereocenters. The number of nitrogens with zero attached hydrogens (tertiary/aromatic N) is 4. The number of likely N-dealkylation sites (tertiary alicyclic amines) is 1. The molecule has 0 N–H and O–H groups in total. The van der Waals surface area contributed by atoms with E-state index in [-0.39, 0.29) is 5.91 Å². The maximum absolute atomic E-state index is 12.8. The van der Waals surface area contributed by atoms with Crippen molar-refractivity contribution in [1.82, 2.24) is 19.9 Å². The van der Waals surface area contributed by atoms with E-state index in [9.17, 15) is 4.79 Å². The van der Waals surface area contributed by atoms with Crippen LogP contribution < -0.4 is 0 Å². The molecule has 1 saturated heterocycles. The number of thiophene rings is 1. The molecule has 2 aromatic heterocycles. The van der Waals surface area contributed by atoms with Crippen LogP contribution in [-0.4, -0.2) is 38.9 Å². The van der Waals surface area contributed by atoms with Crippen molar-refractivity contribution in [2.75, 3.05) is 13.1 Å². The number of hydrogen-bond donors (Lipinski definition) is 0. The topological polar surface area (TPSA) is 51.0 Å². The minimum Gasteiger partial charge on any atom is -0.337 e. The van der Waals surface area contributed by atoms with Gasteiger partial charge in [0.1, 0.15) is 4.88 Å². The number of rotatable bonds is 2. The number of carbonyl (C=O) groups is 1. The first kappa shape index (κ1) is 13.0. The third-order valence-electron chi connectivity index (χ3n) is 4.77. The third kappa shape index (κ3) is 2.27. The summed E-state index contributed by atoms with van der Waals surface area (Å²) in [4.78, 5) is 15.7. The fourth-order valence-corrected chi connectivity index (χ4v) is 4.54. The third-order valence-corrected chi connectivity index (χ3v) is 5.66. The van der Waals surface area contributed by atoms with Crippen molar-refractivity contribution in [3.63, 3.8) is 0 Å². The predicted molar refractivity (Wildman–Crippen MR) is 80.6 cm³/mol. The second-order valence-corrected chi connectivity index (χ2v) is 6.91. The summed E-state index contributed by atoms with van der Waals surface area (Å²) in [6.45, 7) is 1.86. The zero-order chi connectivity index (χ0) is 14.2. The van der Waals surface area contributed by atoms with Crippen LogP contribution in [0.1, 0.15) is 35.4 Å². The molecule has 21 heavy (non-hydrogen) atoms. The minimum absolute atomic E-state index is 0.157. The standard InChI is InChI=1S/C15H18N4OS/c20-15(18-9-11-3-1-2-4-12(11)10-18)14-13(5-8-21-14)19-7-6-16-17-19/h5-8,11-12H,1-4,9-10H2/t11-,12+. The molecule has 2 aliphatic rings. The summed E-state index contributed by atoms with van der Waals surface area (Å²) in [7, 11) is 0. The molecule has 1 amide bonds. The van der Waals surface area contributed by atoms with Crippen LogP contribution in [0.2, 0.25) is 0 Å². The van der Waals surface area contributed by atoms with Gasteiger partial charge in [-0.3, -0.25) is 4.79 Å². The molecule has 4 rings (SSSR count). The van der Waals surface area contributed by atoms with E-state index in [1.54, 1.807) is 17.1 Å². The fourth-order valence-electron chi connectivity index (χ4n) is 3.69. The highest BCUT2D eigenvalue weighted by Gasteiger charge is 2.37. The molecule has 0 radical (unpaired) electrons. The van der Waals surface area contributed by atoms with Crippen molar-refractivity contribution in [2.45, 2.75) is 25.7 Å². The van der Waals surface area contributed by atoms with E-state index in [1.807, 2.05) is 16.3 Å². The monoisotopic (exact) mass is 302 g/mol. The van der Waals surface area contributed by atoms with Gasteiger partial charge >= 0.3 is 0 Å². The number of fused-ring (bicyclic) bond motifs is 1. The smallest absolute Gasteiger partial charge is 0.266 e. The Labute approximate surface area is 127 Å². The average molecular weight is 302 g/mol. The molecular formula is C15H18N4OS. The second-order valence-electron chi connectivity index (χ2n) is 6.00. The van der Waals surface area contributed by atoms with Crippen LogP contribution in [-0.2, 0) is 0 Å². The summed E-state index contributed by atoms with van der Waals surface area (Å²) in [5, 5.41) is 9.78. The Morgan fingerprint density at radius 3 is 2.67 bits per heavy atom. The van der Waals surface area contributed by atoms with Crippen LogP contribution >= 0.6 is 11.3 Å². The molecule has 2 aromatic rings. The normalized spacial score (nSPS) is 25.0. The van der Waals surface area contributed by atoms with Crippen molar-refractivity contribution in [2.24, 2.45) is 11.8 Å². The van der Waals surface area contributed by atoms with Crippen LogP contribution in [0.5, 0.6) is 0 Å². The van der Waals surface area contributed by atoms with Gasteiger partial charge in [0.25, 0.3) is 5.91 Å². The molecule has 1 saturated carbocycles. The van der Waals surface area contributed by atoms with E-state index in [0.29, 0.717) is 0 Å². The van der Waals surface area contributed by atoms with Crippen LogP contribution in [0.15, 0.2) is 23.8 Å². The number of aromatic nitrogens is 3. The van der Waals surface area contributed by atoms with Gasteiger partial charge < -0.3 is 4.90 Å². The lowest BCUT2D eigenvalue weighted by molar-refractivity contribution is 0.0788. The molecule has 3 heterocycles. The number of carbonyl (C=O) groups excluding carboxylic acids is 1. The van der Waals surface area contributed by atoms with Crippen LogP contribution in [0.4, 0.5) is 0 Å². The van der Waals surface area contributed by atoms with E-state index >= 15 is 0 Å². The van der Waals surface area contributed by atoms with Gasteiger partial charge in [0, 0.05) is 13.1 Å². The molecule has 110 valence electrons. The summed E-state index contributed by atoms with van der Waals surface area (Å²) in [6.07, 6.45) is 8.64. The molecule has 1 aliphatic carbocycles. The van der Waals surface area contributed by atoms with Gasteiger partial charge in [-0.2, -0.15) is 0 Å². The molecule has 0 aromatic carbocycles. The van der Waals surface area contributed by atoms with Crippen molar-refractivity contribution < 1.29 is 4.79 Å². The van der Waals surface area contributed by atoms with Crippen LogP contribution in [0, 0.1) is 11.8 Å². The lowest BCUT2D eigenvalue weighted by Crippen LogP contribution is -2.29. The van der Waals surface area contributed by atoms with Crippen LogP contribution in [0.25, 0.3) is 5.69 Å². The highest BCUT2D eigenvalue weighted by atomic mass is 32.1. The van der Waals surface area contributed by atoms with Gasteiger partial charge in [0.15, 0.2) is 0 Å². The summed E-state index contributed by atoms with van der Waals surface area (Å²) in [6, 6.07) is 1.94. The van der Waals surface area contributed by atoms with Gasteiger partial charge in [-0.25, -0.2) is 4.68 Å². The molecule has 5 nitrogen and oxygen atoms in total. The number of hydrogen-bond acceptors (Lipinski definition) is 4. The van der Waals surface area contributed by atoms with E-state index in [2.05, 4.69) is 10.3 Å². The van der Waals surface area contributed by atoms with E-state index in [4.69, 9.17) is 0 Å². The van der Waals surface area contributed by atoms with Gasteiger partial charge in [0.05, 0.1) is 18.1 Å². The number of amides is 1. The fraction of sp³-hybridized carbons (Fsp3) is 0.533. The summed E-state index contributed by atoms with van der Waals surface area (Å²) >= 11 is 1.50. The second kappa shape index (κ2) is 5.26. The van der Waals surface area contributed by atoms with E-state index < -0.39 is 0 Å². The lowest BCUT2D eigenvalue weighted by atomic mass is 9.82. The Hall–Kier alpha value is -1.69. The Morgan fingerprint density at radius 1 is 1.24 bits per heavy atom. The van der Waals surface area contributed by atoms with Crippen molar-refractivity contribution >= 4 is 17.2 Å². The molecule has 0 unspecified atom stereocenters.